The maximum atomic E-state index is 5.92. The zero-order valence-electron chi connectivity index (χ0n) is 9.89. The van der Waals surface area contributed by atoms with Gasteiger partial charge in [-0.1, -0.05) is 24.6 Å². The second-order valence-corrected chi connectivity index (χ2v) is 7.38. The van der Waals surface area contributed by atoms with Crippen molar-refractivity contribution in [3.8, 4) is 0 Å². The van der Waals surface area contributed by atoms with Gasteiger partial charge in [-0.05, 0) is 35.6 Å². The lowest BCUT2D eigenvalue weighted by atomic mass is 10.0. The first-order valence-electron chi connectivity index (χ1n) is 5.85. The van der Waals surface area contributed by atoms with Gasteiger partial charge < -0.3 is 5.32 Å². The van der Waals surface area contributed by atoms with Crippen LogP contribution in [-0.2, 0) is 0 Å². The van der Waals surface area contributed by atoms with Crippen LogP contribution in [0.4, 0.5) is 5.82 Å². The molecule has 0 amide bonds. The van der Waals surface area contributed by atoms with E-state index in [2.05, 4.69) is 28.7 Å². The van der Waals surface area contributed by atoms with E-state index < -0.39 is 0 Å². The fraction of sp³-hybridized carbons (Fsp3) is 0.308. The van der Waals surface area contributed by atoms with Gasteiger partial charge in [0, 0.05) is 5.25 Å². The summed E-state index contributed by atoms with van der Waals surface area (Å²) in [5, 5.41) is 6.82. The number of thiophene rings is 1. The van der Waals surface area contributed by atoms with E-state index in [1.54, 1.807) is 6.07 Å². The number of halogens is 1. The first-order valence-corrected chi connectivity index (χ1v) is 7.99. The molecule has 2 aromatic rings. The third-order valence-corrected chi connectivity index (χ3v) is 5.50. The molecule has 18 heavy (non-hydrogen) atoms. The minimum Gasteiger partial charge on any atom is -0.363 e. The number of hydrogen-bond acceptors (Lipinski definition) is 4. The molecule has 2 atom stereocenters. The quantitative estimate of drug-likeness (QED) is 0.803. The molecule has 0 radical (unpaired) electrons. The summed E-state index contributed by atoms with van der Waals surface area (Å²) in [6.07, 6.45) is 1.11. The number of nitrogens with one attached hydrogen (secondary N) is 1. The van der Waals surface area contributed by atoms with Gasteiger partial charge in [0.2, 0.25) is 0 Å². The molecule has 1 unspecified atom stereocenters. The molecule has 2 nitrogen and oxygen atoms in total. The zero-order chi connectivity index (χ0) is 12.5. The van der Waals surface area contributed by atoms with Crippen LogP contribution < -0.4 is 5.32 Å². The summed E-state index contributed by atoms with van der Waals surface area (Å²) in [4.78, 5) is 4.30. The molecule has 1 aliphatic heterocycles. The Bertz CT molecular complexity index is 555. The molecule has 0 saturated heterocycles. The van der Waals surface area contributed by atoms with Crippen molar-refractivity contribution in [3.05, 3.63) is 40.4 Å². The second kappa shape index (κ2) is 5.11. The van der Waals surface area contributed by atoms with Crippen LogP contribution in [0.5, 0.6) is 0 Å². The predicted octanol–water partition coefficient (Wildman–Crippen LogP) is 4.83. The lowest BCUT2D eigenvalue weighted by molar-refractivity contribution is 0.667. The number of thioether (sulfide) groups is 1. The molecule has 0 fully saturated rings. The van der Waals surface area contributed by atoms with Crippen molar-refractivity contribution in [3.63, 3.8) is 0 Å². The second-order valence-electron chi connectivity index (χ2n) is 4.37. The van der Waals surface area contributed by atoms with Crippen LogP contribution in [0.2, 0.25) is 5.15 Å². The van der Waals surface area contributed by atoms with Gasteiger partial charge in [0.15, 0.2) is 0 Å². The van der Waals surface area contributed by atoms with Gasteiger partial charge in [-0.3, -0.25) is 0 Å². The Kier molecular flexibility index (Phi) is 3.50. The van der Waals surface area contributed by atoms with E-state index in [0.29, 0.717) is 16.4 Å². The maximum absolute atomic E-state index is 5.92. The van der Waals surface area contributed by atoms with Crippen LogP contribution in [0.3, 0.4) is 0 Å². The van der Waals surface area contributed by atoms with Crippen LogP contribution in [0, 0.1) is 0 Å². The number of nitrogens with zero attached hydrogens (tertiary/aromatic N) is 1. The third kappa shape index (κ3) is 2.51. The molecule has 2 aromatic heterocycles. The van der Waals surface area contributed by atoms with Crippen LogP contribution in [-0.4, -0.2) is 10.2 Å². The average molecular weight is 297 g/mol. The Morgan fingerprint density at radius 2 is 2.28 bits per heavy atom. The monoisotopic (exact) mass is 296 g/mol. The Hall–Kier alpha value is -0.710. The highest BCUT2D eigenvalue weighted by Gasteiger charge is 2.26. The zero-order valence-corrected chi connectivity index (χ0v) is 12.3. The van der Waals surface area contributed by atoms with Gasteiger partial charge >= 0.3 is 0 Å². The van der Waals surface area contributed by atoms with Crippen LogP contribution in [0.1, 0.15) is 24.9 Å². The van der Waals surface area contributed by atoms with E-state index in [9.17, 15) is 0 Å². The van der Waals surface area contributed by atoms with Crippen molar-refractivity contribution < 1.29 is 0 Å². The summed E-state index contributed by atoms with van der Waals surface area (Å²) in [7, 11) is 0. The lowest BCUT2D eigenvalue weighted by Gasteiger charge is -2.27. The van der Waals surface area contributed by atoms with Crippen molar-refractivity contribution in [1.29, 1.82) is 0 Å². The molecular formula is C13H13ClN2S2. The molecule has 0 aromatic carbocycles. The van der Waals surface area contributed by atoms with Crippen molar-refractivity contribution in [1.82, 2.24) is 4.98 Å². The standard InChI is InChI=1S/C13H13ClN2S2/c1-8-7-10(9-5-6-17-13(9)18-8)15-12-4-2-3-11(14)16-12/h2-6,8,10H,7H2,1H3,(H,15,16)/t8-,10?/m0/s1. The third-order valence-electron chi connectivity index (χ3n) is 2.95. The van der Waals surface area contributed by atoms with Gasteiger partial charge in [-0.15, -0.1) is 23.1 Å². The molecule has 1 aliphatic rings. The van der Waals surface area contributed by atoms with Crippen molar-refractivity contribution in [2.75, 3.05) is 5.32 Å². The van der Waals surface area contributed by atoms with E-state index in [4.69, 9.17) is 11.6 Å². The van der Waals surface area contributed by atoms with Gasteiger partial charge in [0.05, 0.1) is 10.3 Å². The summed E-state index contributed by atoms with van der Waals surface area (Å²) in [6.45, 7) is 2.27. The smallest absolute Gasteiger partial charge is 0.131 e. The number of hydrogen-bond donors (Lipinski definition) is 1. The number of fused-ring (bicyclic) bond motifs is 1. The summed E-state index contributed by atoms with van der Waals surface area (Å²) >= 11 is 9.71. The van der Waals surface area contributed by atoms with E-state index >= 15 is 0 Å². The van der Waals surface area contributed by atoms with E-state index in [1.807, 2.05) is 35.2 Å². The maximum Gasteiger partial charge on any atom is 0.131 e. The first-order chi connectivity index (χ1) is 8.72. The Balaban J connectivity index is 1.86. The SMILES string of the molecule is C[C@H]1CC(Nc2cccc(Cl)n2)c2ccsc2S1. The van der Waals surface area contributed by atoms with Gasteiger partial charge in [0.1, 0.15) is 11.0 Å². The Morgan fingerprint density at radius 1 is 1.39 bits per heavy atom. The highest BCUT2D eigenvalue weighted by atomic mass is 35.5. The highest BCUT2D eigenvalue weighted by molar-refractivity contribution is 8.01. The molecule has 3 rings (SSSR count). The van der Waals surface area contributed by atoms with Crippen molar-refractivity contribution in [2.24, 2.45) is 0 Å². The van der Waals surface area contributed by atoms with Gasteiger partial charge in [-0.2, -0.15) is 0 Å². The molecule has 0 saturated carbocycles. The number of anilines is 1. The van der Waals surface area contributed by atoms with E-state index in [1.165, 1.54) is 9.77 Å². The molecule has 94 valence electrons. The minimum absolute atomic E-state index is 0.341. The molecule has 0 bridgehead atoms. The topological polar surface area (TPSA) is 24.9 Å². The molecule has 3 heterocycles. The van der Waals surface area contributed by atoms with Gasteiger partial charge in [0.25, 0.3) is 0 Å². The van der Waals surface area contributed by atoms with Crippen molar-refractivity contribution >= 4 is 40.5 Å². The summed E-state index contributed by atoms with van der Waals surface area (Å²) < 4.78 is 1.42. The van der Waals surface area contributed by atoms with E-state index in [-0.39, 0.29) is 0 Å². The fourth-order valence-corrected chi connectivity index (χ4v) is 4.88. The number of aromatic nitrogens is 1. The molecule has 1 N–H and O–H groups in total. The Morgan fingerprint density at radius 3 is 3.11 bits per heavy atom. The molecule has 0 aliphatic carbocycles. The van der Waals surface area contributed by atoms with Gasteiger partial charge in [-0.25, -0.2) is 4.98 Å². The van der Waals surface area contributed by atoms with Crippen LogP contribution >= 0.6 is 34.7 Å². The van der Waals surface area contributed by atoms with Crippen LogP contribution in [0.15, 0.2) is 33.9 Å². The fourth-order valence-electron chi connectivity index (χ4n) is 2.15. The Labute approximate surface area is 120 Å². The predicted molar refractivity (Wildman–Crippen MR) is 79.9 cm³/mol. The highest BCUT2D eigenvalue weighted by Crippen LogP contribution is 2.44. The molecular weight excluding hydrogens is 284 g/mol. The molecule has 0 spiro atoms. The summed E-state index contributed by atoms with van der Waals surface area (Å²) in [5.41, 5.74) is 1.39. The molecule has 5 heteroatoms. The minimum atomic E-state index is 0.341. The summed E-state index contributed by atoms with van der Waals surface area (Å²) in [6, 6.07) is 8.23. The van der Waals surface area contributed by atoms with E-state index in [0.717, 1.165) is 12.2 Å². The largest absolute Gasteiger partial charge is 0.363 e. The summed E-state index contributed by atoms with van der Waals surface area (Å²) in [5.74, 6) is 0.851. The number of rotatable bonds is 2. The van der Waals surface area contributed by atoms with Crippen LogP contribution in [0.25, 0.3) is 0 Å². The first kappa shape index (κ1) is 12.3. The normalized spacial score (nSPS) is 22.6. The number of pyridine rings is 1. The lowest BCUT2D eigenvalue weighted by Crippen LogP contribution is -2.19. The average Bonchev–Trinajstić information content (AvgIpc) is 2.77. The van der Waals surface area contributed by atoms with Crippen molar-refractivity contribution in [2.45, 2.75) is 28.8 Å².